The molecule has 1 aliphatic rings. The number of carbonyl (C=O) groups is 3. The van der Waals surface area contributed by atoms with Gasteiger partial charge >= 0.3 is 18.1 Å². The molecule has 7 nitrogen and oxygen atoms in total. The lowest BCUT2D eigenvalue weighted by atomic mass is 9.78. The predicted octanol–water partition coefficient (Wildman–Crippen LogP) is 4.35. The average Bonchev–Trinajstić information content (AvgIpc) is 2.78. The Bertz CT molecular complexity index is 1010. The summed E-state index contributed by atoms with van der Waals surface area (Å²) in [6.45, 7) is 6.92. The summed E-state index contributed by atoms with van der Waals surface area (Å²) in [5.41, 5.74) is -1.43. The van der Waals surface area contributed by atoms with Crippen LogP contribution in [0.1, 0.15) is 64.0 Å². The van der Waals surface area contributed by atoms with Crippen LogP contribution in [0.5, 0.6) is 0 Å². The van der Waals surface area contributed by atoms with Gasteiger partial charge in [-0.2, -0.15) is 13.2 Å². The van der Waals surface area contributed by atoms with Crippen molar-refractivity contribution < 1.29 is 37.0 Å². The first-order valence-electron chi connectivity index (χ1n) is 11.5. The van der Waals surface area contributed by atoms with Crippen molar-refractivity contribution in [2.45, 2.75) is 59.1 Å². The number of esters is 2. The maximum atomic E-state index is 14.0. The zero-order valence-corrected chi connectivity index (χ0v) is 20.3. The van der Waals surface area contributed by atoms with Gasteiger partial charge in [0.1, 0.15) is 0 Å². The summed E-state index contributed by atoms with van der Waals surface area (Å²) in [5, 5.41) is 5.62. The van der Waals surface area contributed by atoms with Crippen molar-refractivity contribution in [3.8, 4) is 0 Å². The molecule has 1 heterocycles. The SMILES string of the molecule is CCCCNC(=O)CC1=C(C(=O)OCC)C(c2ccccc2C(F)(F)F)C(C(=O)OCC)=C(C)N1. The number of hydrogen-bond donors (Lipinski definition) is 2. The van der Waals surface area contributed by atoms with E-state index in [2.05, 4.69) is 10.6 Å². The summed E-state index contributed by atoms with van der Waals surface area (Å²) in [4.78, 5) is 38.6. The third kappa shape index (κ3) is 6.86. The van der Waals surface area contributed by atoms with Crippen LogP contribution in [0.25, 0.3) is 0 Å². The number of dihydropyridines is 1. The first-order chi connectivity index (χ1) is 16.6. The number of amides is 1. The molecule has 2 rings (SSSR count). The molecule has 2 N–H and O–H groups in total. The first kappa shape index (κ1) is 27.9. The summed E-state index contributed by atoms with van der Waals surface area (Å²) in [5.74, 6) is -3.66. The van der Waals surface area contributed by atoms with Gasteiger partial charge in [-0.25, -0.2) is 9.59 Å². The number of allylic oxidation sites excluding steroid dienone is 1. The van der Waals surface area contributed by atoms with Crippen LogP contribution in [0.2, 0.25) is 0 Å². The van der Waals surface area contributed by atoms with Crippen molar-refractivity contribution in [3.05, 3.63) is 57.9 Å². The average molecular weight is 497 g/mol. The van der Waals surface area contributed by atoms with Crippen molar-refractivity contribution in [3.63, 3.8) is 0 Å². The lowest BCUT2D eigenvalue weighted by molar-refractivity contribution is -0.142. The Morgan fingerprint density at radius 2 is 1.60 bits per heavy atom. The number of ether oxygens (including phenoxy) is 2. The van der Waals surface area contributed by atoms with Crippen LogP contribution in [-0.4, -0.2) is 37.6 Å². The van der Waals surface area contributed by atoms with Gasteiger partial charge in [0.2, 0.25) is 5.91 Å². The van der Waals surface area contributed by atoms with E-state index in [1.54, 1.807) is 13.8 Å². The van der Waals surface area contributed by atoms with Gasteiger partial charge in [-0.15, -0.1) is 0 Å². The van der Waals surface area contributed by atoms with E-state index in [0.29, 0.717) is 6.54 Å². The Morgan fingerprint density at radius 1 is 1.00 bits per heavy atom. The molecule has 1 aliphatic heterocycles. The van der Waals surface area contributed by atoms with Crippen LogP contribution >= 0.6 is 0 Å². The molecule has 1 atom stereocenters. The van der Waals surface area contributed by atoms with Crippen LogP contribution in [0.4, 0.5) is 13.2 Å². The van der Waals surface area contributed by atoms with E-state index in [1.807, 2.05) is 6.92 Å². The van der Waals surface area contributed by atoms with Crippen LogP contribution in [-0.2, 0) is 30.0 Å². The summed E-state index contributed by atoms with van der Waals surface area (Å²) < 4.78 is 52.3. The molecule has 0 saturated heterocycles. The highest BCUT2D eigenvalue weighted by molar-refractivity contribution is 6.00. The molecule has 1 aromatic rings. The highest BCUT2D eigenvalue weighted by Crippen LogP contribution is 2.44. The fourth-order valence-corrected chi connectivity index (χ4v) is 3.91. The normalized spacial score (nSPS) is 16.0. The fourth-order valence-electron chi connectivity index (χ4n) is 3.91. The highest BCUT2D eigenvalue weighted by atomic mass is 19.4. The van der Waals surface area contributed by atoms with Crippen molar-refractivity contribution >= 4 is 17.8 Å². The predicted molar refractivity (Wildman–Crippen MR) is 123 cm³/mol. The largest absolute Gasteiger partial charge is 0.463 e. The lowest BCUT2D eigenvalue weighted by Crippen LogP contribution is -2.36. The van der Waals surface area contributed by atoms with Gasteiger partial charge in [0, 0.05) is 17.9 Å². The molecule has 0 bridgehead atoms. The minimum atomic E-state index is -4.76. The number of carbonyl (C=O) groups excluding carboxylic acids is 3. The van der Waals surface area contributed by atoms with Gasteiger partial charge in [0.15, 0.2) is 0 Å². The number of alkyl halides is 3. The van der Waals surface area contributed by atoms with Gasteiger partial charge in [-0.3, -0.25) is 4.79 Å². The third-order valence-electron chi connectivity index (χ3n) is 5.40. The van der Waals surface area contributed by atoms with Gasteiger partial charge in [0.05, 0.1) is 42.3 Å². The standard InChI is InChI=1S/C25H31F3N2O5/c1-5-8-13-29-19(31)14-18-22(24(33)35-7-3)21(20(15(4)30-18)23(32)34-6-2)16-11-9-10-12-17(16)25(26,27)28/h9-12,21,30H,5-8,13-14H2,1-4H3,(H,29,31). The van der Waals surface area contributed by atoms with E-state index in [4.69, 9.17) is 9.47 Å². The molecule has 0 saturated carbocycles. The second kappa shape index (κ2) is 12.4. The van der Waals surface area contributed by atoms with Gasteiger partial charge in [-0.1, -0.05) is 31.5 Å². The van der Waals surface area contributed by atoms with Gasteiger partial charge < -0.3 is 20.1 Å². The van der Waals surface area contributed by atoms with E-state index >= 15 is 0 Å². The maximum absolute atomic E-state index is 14.0. The summed E-state index contributed by atoms with van der Waals surface area (Å²) in [6, 6.07) is 4.72. The van der Waals surface area contributed by atoms with Crippen molar-refractivity contribution in [1.29, 1.82) is 0 Å². The van der Waals surface area contributed by atoms with E-state index in [-0.39, 0.29) is 47.7 Å². The molecule has 0 fully saturated rings. The van der Waals surface area contributed by atoms with E-state index in [0.717, 1.165) is 18.9 Å². The number of hydrogen-bond acceptors (Lipinski definition) is 6. The smallest absolute Gasteiger partial charge is 0.416 e. The molecule has 0 aliphatic carbocycles. The molecule has 35 heavy (non-hydrogen) atoms. The number of unbranched alkanes of at least 4 members (excludes halogenated alkanes) is 1. The zero-order chi connectivity index (χ0) is 26.2. The second-order valence-corrected chi connectivity index (χ2v) is 7.90. The van der Waals surface area contributed by atoms with Crippen molar-refractivity contribution in [2.75, 3.05) is 19.8 Å². The van der Waals surface area contributed by atoms with Crippen LogP contribution in [0, 0.1) is 0 Å². The van der Waals surface area contributed by atoms with E-state index in [9.17, 15) is 27.6 Å². The van der Waals surface area contributed by atoms with Crippen molar-refractivity contribution in [1.82, 2.24) is 10.6 Å². The van der Waals surface area contributed by atoms with Gasteiger partial charge in [-0.05, 0) is 38.8 Å². The molecule has 1 amide bonds. The summed E-state index contributed by atoms with van der Waals surface area (Å²) >= 11 is 0. The zero-order valence-electron chi connectivity index (χ0n) is 20.3. The molecule has 1 aromatic carbocycles. The molecule has 0 radical (unpaired) electrons. The number of nitrogens with one attached hydrogen (secondary N) is 2. The van der Waals surface area contributed by atoms with Crippen LogP contribution in [0.3, 0.4) is 0 Å². The highest BCUT2D eigenvalue weighted by Gasteiger charge is 2.43. The number of halogens is 3. The molecular weight excluding hydrogens is 465 g/mol. The maximum Gasteiger partial charge on any atom is 0.416 e. The number of rotatable bonds is 10. The topological polar surface area (TPSA) is 93.7 Å². The number of benzene rings is 1. The van der Waals surface area contributed by atoms with Gasteiger partial charge in [0.25, 0.3) is 0 Å². The van der Waals surface area contributed by atoms with Crippen LogP contribution in [0.15, 0.2) is 46.8 Å². The summed E-state index contributed by atoms with van der Waals surface area (Å²) in [7, 11) is 0. The second-order valence-electron chi connectivity index (χ2n) is 7.90. The Hall–Kier alpha value is -3.30. The molecule has 1 unspecified atom stereocenters. The minimum Gasteiger partial charge on any atom is -0.463 e. The summed E-state index contributed by atoms with van der Waals surface area (Å²) in [6.07, 6.45) is -3.46. The Labute approximate surface area is 202 Å². The monoisotopic (exact) mass is 496 g/mol. The molecule has 10 heteroatoms. The molecule has 0 aromatic heterocycles. The Kier molecular flexibility index (Phi) is 9.91. The molecule has 0 spiro atoms. The Balaban J connectivity index is 2.76. The van der Waals surface area contributed by atoms with E-state index in [1.165, 1.54) is 25.1 Å². The molecule has 192 valence electrons. The lowest BCUT2D eigenvalue weighted by Gasteiger charge is -2.32. The third-order valence-corrected chi connectivity index (χ3v) is 5.40. The first-order valence-corrected chi connectivity index (χ1v) is 11.5. The van der Waals surface area contributed by atoms with E-state index < -0.39 is 35.5 Å². The fraction of sp³-hybridized carbons (Fsp3) is 0.480. The van der Waals surface area contributed by atoms with Crippen molar-refractivity contribution in [2.24, 2.45) is 0 Å². The quantitative estimate of drug-likeness (QED) is 0.370. The minimum absolute atomic E-state index is 0.0194. The van der Waals surface area contributed by atoms with Crippen LogP contribution < -0.4 is 10.6 Å². The molecular formula is C25H31F3N2O5. The Morgan fingerprint density at radius 3 is 2.17 bits per heavy atom.